The van der Waals surface area contributed by atoms with Crippen molar-refractivity contribution in [2.24, 2.45) is 0 Å². The van der Waals surface area contributed by atoms with Crippen LogP contribution >= 0.6 is 0 Å². The van der Waals surface area contributed by atoms with Crippen molar-refractivity contribution in [1.82, 2.24) is 0 Å². The molecule has 1 amide bonds. The van der Waals surface area contributed by atoms with E-state index in [0.717, 1.165) is 19.2 Å². The Morgan fingerprint density at radius 3 is 2.52 bits per heavy atom. The monoisotopic (exact) mass is 297 g/mol. The predicted octanol–water partition coefficient (Wildman–Crippen LogP) is 2.20. The number of ether oxygens (including phenoxy) is 1. The topological polar surface area (TPSA) is 92.7 Å². The maximum atomic E-state index is 13.1. The van der Waals surface area contributed by atoms with Gasteiger partial charge in [0, 0.05) is 12.8 Å². The zero-order chi connectivity index (χ0) is 15.8. The molecule has 0 spiro atoms. The third-order valence-electron chi connectivity index (χ3n) is 2.71. The number of hydrogen-bond acceptors (Lipinski definition) is 4. The molecule has 1 rings (SSSR count). The van der Waals surface area contributed by atoms with Crippen LogP contribution < -0.4 is 5.32 Å². The molecule has 0 aromatic heterocycles. The molecule has 1 aromatic carbocycles. The molecule has 7 heteroatoms. The van der Waals surface area contributed by atoms with E-state index in [1.54, 1.807) is 0 Å². The van der Waals surface area contributed by atoms with Gasteiger partial charge < -0.3 is 15.2 Å². The maximum Gasteiger partial charge on any atom is 0.340 e. The molecule has 0 saturated heterocycles. The molecule has 1 aromatic rings. The molecule has 0 bridgehead atoms. The average Bonchev–Trinajstić information content (AvgIpc) is 2.44. The van der Waals surface area contributed by atoms with Crippen molar-refractivity contribution in [3.8, 4) is 0 Å². The summed E-state index contributed by atoms with van der Waals surface area (Å²) in [5.74, 6) is -2.66. The SMILES string of the molecule is COC(=O)c1cc(F)ccc1NC(=O)CCCCC(=O)O. The molecule has 0 aliphatic heterocycles. The summed E-state index contributed by atoms with van der Waals surface area (Å²) in [7, 11) is 1.16. The van der Waals surface area contributed by atoms with Crippen LogP contribution in [0.4, 0.5) is 10.1 Å². The minimum atomic E-state index is -0.915. The average molecular weight is 297 g/mol. The van der Waals surface area contributed by atoms with Gasteiger partial charge in [0.05, 0.1) is 18.4 Å². The number of hydrogen-bond donors (Lipinski definition) is 2. The highest BCUT2D eigenvalue weighted by molar-refractivity contribution is 6.01. The summed E-state index contributed by atoms with van der Waals surface area (Å²) in [4.78, 5) is 33.5. The van der Waals surface area contributed by atoms with Crippen molar-refractivity contribution in [3.05, 3.63) is 29.6 Å². The second kappa shape index (κ2) is 7.98. The van der Waals surface area contributed by atoms with Crippen LogP contribution in [-0.4, -0.2) is 30.1 Å². The van der Waals surface area contributed by atoms with Gasteiger partial charge in [-0.2, -0.15) is 0 Å². The molecule has 0 unspecified atom stereocenters. The number of carbonyl (C=O) groups is 3. The lowest BCUT2D eigenvalue weighted by Gasteiger charge is -2.09. The smallest absolute Gasteiger partial charge is 0.340 e. The molecule has 0 aliphatic rings. The molecule has 0 atom stereocenters. The first-order valence-corrected chi connectivity index (χ1v) is 6.33. The number of carboxylic acids is 1. The summed E-state index contributed by atoms with van der Waals surface area (Å²) in [6.07, 6.45) is 0.908. The first-order chi connectivity index (χ1) is 9.93. The second-order valence-corrected chi connectivity index (χ2v) is 4.33. The van der Waals surface area contributed by atoms with E-state index in [4.69, 9.17) is 5.11 Å². The van der Waals surface area contributed by atoms with E-state index in [1.165, 1.54) is 6.07 Å². The Balaban J connectivity index is 2.63. The second-order valence-electron chi connectivity index (χ2n) is 4.33. The molecule has 2 N–H and O–H groups in total. The predicted molar refractivity (Wildman–Crippen MR) is 72.5 cm³/mol. The van der Waals surface area contributed by atoms with Crippen LogP contribution in [0.5, 0.6) is 0 Å². The van der Waals surface area contributed by atoms with Gasteiger partial charge in [0.15, 0.2) is 0 Å². The van der Waals surface area contributed by atoms with Crippen LogP contribution in [0.15, 0.2) is 18.2 Å². The minimum Gasteiger partial charge on any atom is -0.481 e. The highest BCUT2D eigenvalue weighted by Gasteiger charge is 2.15. The Kier molecular flexibility index (Phi) is 6.32. The molecule has 0 aliphatic carbocycles. The van der Waals surface area contributed by atoms with Gasteiger partial charge >= 0.3 is 11.9 Å². The molecular formula is C14H16FNO5. The number of anilines is 1. The normalized spacial score (nSPS) is 10.0. The summed E-state index contributed by atoms with van der Waals surface area (Å²) >= 11 is 0. The van der Waals surface area contributed by atoms with Crippen LogP contribution in [0.25, 0.3) is 0 Å². The van der Waals surface area contributed by atoms with E-state index in [1.807, 2.05) is 0 Å². The highest BCUT2D eigenvalue weighted by atomic mass is 19.1. The molecule has 6 nitrogen and oxygen atoms in total. The van der Waals surface area contributed by atoms with Crippen LogP contribution in [0, 0.1) is 5.82 Å². The fourth-order valence-electron chi connectivity index (χ4n) is 1.68. The summed E-state index contributed by atoms with van der Waals surface area (Å²) in [5, 5.41) is 11.0. The van der Waals surface area contributed by atoms with Crippen LogP contribution in [0.2, 0.25) is 0 Å². The number of halogens is 1. The Labute approximate surface area is 120 Å². The zero-order valence-corrected chi connectivity index (χ0v) is 11.5. The van der Waals surface area contributed by atoms with Crippen molar-refractivity contribution in [2.45, 2.75) is 25.7 Å². The van der Waals surface area contributed by atoms with E-state index in [9.17, 15) is 18.8 Å². The van der Waals surface area contributed by atoms with E-state index >= 15 is 0 Å². The summed E-state index contributed by atoms with van der Waals surface area (Å²) in [6, 6.07) is 3.37. The van der Waals surface area contributed by atoms with Crippen molar-refractivity contribution >= 4 is 23.5 Å². The summed E-state index contributed by atoms with van der Waals surface area (Å²) in [5.41, 5.74) is 0.0860. The number of nitrogens with one attached hydrogen (secondary N) is 1. The fourth-order valence-corrected chi connectivity index (χ4v) is 1.68. The van der Waals surface area contributed by atoms with Crippen molar-refractivity contribution in [2.75, 3.05) is 12.4 Å². The van der Waals surface area contributed by atoms with Gasteiger partial charge in [0.2, 0.25) is 5.91 Å². The van der Waals surface area contributed by atoms with Gasteiger partial charge in [0.25, 0.3) is 0 Å². The standard InChI is InChI=1S/C14H16FNO5/c1-21-14(20)10-8-9(15)6-7-11(10)16-12(17)4-2-3-5-13(18)19/h6-8H,2-5H2,1H3,(H,16,17)(H,18,19). The van der Waals surface area contributed by atoms with Gasteiger partial charge in [-0.05, 0) is 31.0 Å². The molecule has 21 heavy (non-hydrogen) atoms. The number of esters is 1. The number of amides is 1. The molecule has 0 heterocycles. The van der Waals surface area contributed by atoms with Gasteiger partial charge in [0.1, 0.15) is 5.82 Å². The summed E-state index contributed by atoms with van der Waals surface area (Å²) in [6.45, 7) is 0. The number of aliphatic carboxylic acids is 1. The van der Waals surface area contributed by atoms with E-state index in [0.29, 0.717) is 12.8 Å². The van der Waals surface area contributed by atoms with Gasteiger partial charge in [-0.1, -0.05) is 0 Å². The van der Waals surface area contributed by atoms with Crippen LogP contribution in [-0.2, 0) is 14.3 Å². The third-order valence-corrected chi connectivity index (χ3v) is 2.71. The molecular weight excluding hydrogens is 281 g/mol. The zero-order valence-electron chi connectivity index (χ0n) is 11.5. The lowest BCUT2D eigenvalue weighted by atomic mass is 10.1. The lowest BCUT2D eigenvalue weighted by Crippen LogP contribution is -2.15. The molecule has 0 fully saturated rings. The highest BCUT2D eigenvalue weighted by Crippen LogP contribution is 2.18. The van der Waals surface area contributed by atoms with Crippen LogP contribution in [0.1, 0.15) is 36.0 Å². The van der Waals surface area contributed by atoms with Crippen molar-refractivity contribution in [1.29, 1.82) is 0 Å². The Morgan fingerprint density at radius 2 is 1.90 bits per heavy atom. The van der Waals surface area contributed by atoms with E-state index in [-0.39, 0.29) is 30.0 Å². The largest absolute Gasteiger partial charge is 0.481 e. The summed E-state index contributed by atoms with van der Waals surface area (Å²) < 4.78 is 17.6. The number of carbonyl (C=O) groups excluding carboxylic acids is 2. The van der Waals surface area contributed by atoms with Crippen molar-refractivity contribution in [3.63, 3.8) is 0 Å². The first-order valence-electron chi connectivity index (χ1n) is 6.33. The van der Waals surface area contributed by atoms with Gasteiger partial charge in [-0.3, -0.25) is 9.59 Å². The van der Waals surface area contributed by atoms with Gasteiger partial charge in [-0.25, -0.2) is 9.18 Å². The van der Waals surface area contributed by atoms with E-state index in [2.05, 4.69) is 10.1 Å². The van der Waals surface area contributed by atoms with Crippen molar-refractivity contribution < 1.29 is 28.6 Å². The number of carboxylic acid groups (broad SMARTS) is 1. The Morgan fingerprint density at radius 1 is 1.24 bits per heavy atom. The first kappa shape index (κ1) is 16.6. The quantitative estimate of drug-likeness (QED) is 0.594. The number of rotatable bonds is 7. The Bertz CT molecular complexity index is 544. The molecule has 0 radical (unpaired) electrons. The third kappa shape index (κ3) is 5.60. The number of methoxy groups -OCH3 is 1. The number of benzene rings is 1. The minimum absolute atomic E-state index is 0.00274. The maximum absolute atomic E-state index is 13.1. The van der Waals surface area contributed by atoms with Gasteiger partial charge in [-0.15, -0.1) is 0 Å². The number of unbranched alkanes of at least 4 members (excludes halogenated alkanes) is 1. The molecule has 0 saturated carbocycles. The Hall–Kier alpha value is -2.44. The van der Waals surface area contributed by atoms with Crippen LogP contribution in [0.3, 0.4) is 0 Å². The molecule has 114 valence electrons. The lowest BCUT2D eigenvalue weighted by molar-refractivity contribution is -0.137. The van der Waals surface area contributed by atoms with E-state index < -0.39 is 17.8 Å². The fraction of sp³-hybridized carbons (Fsp3) is 0.357.